The van der Waals surface area contributed by atoms with E-state index in [0.717, 1.165) is 31.9 Å². The molecule has 2 rings (SSSR count). The zero-order valence-electron chi connectivity index (χ0n) is 9.78. The highest BCUT2D eigenvalue weighted by atomic mass is 127. The molecule has 17 heavy (non-hydrogen) atoms. The summed E-state index contributed by atoms with van der Waals surface area (Å²) in [5, 5.41) is 0. The van der Waals surface area contributed by atoms with E-state index in [1.807, 2.05) is 0 Å². The number of nitrogens with one attached hydrogen (secondary N) is 1. The summed E-state index contributed by atoms with van der Waals surface area (Å²) in [6.45, 7) is 2.66. The smallest absolute Gasteiger partial charge is 0.266 e. The number of ether oxygens (including phenoxy) is 1. The van der Waals surface area contributed by atoms with Crippen LogP contribution >= 0.6 is 22.6 Å². The van der Waals surface area contributed by atoms with Crippen molar-refractivity contribution in [3.63, 3.8) is 0 Å². The van der Waals surface area contributed by atoms with Gasteiger partial charge in [0.2, 0.25) is 0 Å². The topological polar surface area (TPSA) is 58.2 Å². The number of methoxy groups -OCH3 is 1. The van der Waals surface area contributed by atoms with Gasteiger partial charge in [-0.05, 0) is 41.4 Å². The number of H-pyrrole nitrogens is 1. The fourth-order valence-electron chi connectivity index (χ4n) is 2.22. The van der Waals surface area contributed by atoms with E-state index in [0.29, 0.717) is 9.49 Å². The quantitative estimate of drug-likeness (QED) is 0.835. The Labute approximate surface area is 114 Å². The molecule has 0 bridgehead atoms. The normalized spacial score (nSPS) is 20.6. The number of hydrogen-bond acceptors (Lipinski definition) is 4. The lowest BCUT2D eigenvalue weighted by Gasteiger charge is -2.33. The van der Waals surface area contributed by atoms with Crippen molar-refractivity contribution in [3.8, 4) is 0 Å². The predicted octanol–water partition coefficient (Wildman–Crippen LogP) is 1.24. The Morgan fingerprint density at radius 1 is 1.71 bits per heavy atom. The zero-order chi connectivity index (χ0) is 12.3. The minimum Gasteiger partial charge on any atom is -0.384 e. The number of halogens is 1. The van der Waals surface area contributed by atoms with Gasteiger partial charge in [0.15, 0.2) is 0 Å². The van der Waals surface area contributed by atoms with E-state index in [-0.39, 0.29) is 5.56 Å². The molecule has 1 fully saturated rings. The number of nitrogens with zero attached hydrogens (tertiary/aromatic N) is 2. The fourth-order valence-corrected chi connectivity index (χ4v) is 2.86. The molecule has 1 unspecified atom stereocenters. The first-order chi connectivity index (χ1) is 8.22. The van der Waals surface area contributed by atoms with Crippen LogP contribution in [0.5, 0.6) is 0 Å². The van der Waals surface area contributed by atoms with Crippen LogP contribution in [0.3, 0.4) is 0 Å². The van der Waals surface area contributed by atoms with E-state index in [9.17, 15) is 4.79 Å². The molecular formula is C11H16IN3O2. The average molecular weight is 349 g/mol. The first-order valence-electron chi connectivity index (χ1n) is 5.69. The van der Waals surface area contributed by atoms with Crippen molar-refractivity contribution >= 4 is 28.4 Å². The molecule has 0 saturated carbocycles. The number of aromatic nitrogens is 2. The van der Waals surface area contributed by atoms with E-state index in [1.54, 1.807) is 7.11 Å². The second kappa shape index (κ2) is 5.81. The molecule has 1 atom stereocenters. The monoisotopic (exact) mass is 349 g/mol. The maximum atomic E-state index is 11.5. The van der Waals surface area contributed by atoms with Crippen LogP contribution in [-0.4, -0.2) is 36.8 Å². The molecule has 6 heteroatoms. The second-order valence-electron chi connectivity index (χ2n) is 4.28. The molecule has 94 valence electrons. The lowest BCUT2D eigenvalue weighted by atomic mass is 9.99. The maximum Gasteiger partial charge on any atom is 0.266 e. The summed E-state index contributed by atoms with van der Waals surface area (Å²) in [6, 6.07) is 0. The Morgan fingerprint density at radius 2 is 2.53 bits per heavy atom. The largest absolute Gasteiger partial charge is 0.384 e. The highest BCUT2D eigenvalue weighted by Crippen LogP contribution is 2.23. The Balaban J connectivity index is 2.16. The van der Waals surface area contributed by atoms with Crippen molar-refractivity contribution in [1.82, 2.24) is 9.97 Å². The van der Waals surface area contributed by atoms with Crippen molar-refractivity contribution in [3.05, 3.63) is 20.3 Å². The van der Waals surface area contributed by atoms with E-state index >= 15 is 0 Å². The van der Waals surface area contributed by atoms with Gasteiger partial charge in [0.25, 0.3) is 5.56 Å². The summed E-state index contributed by atoms with van der Waals surface area (Å²) < 4.78 is 5.87. The average Bonchev–Trinajstić information content (AvgIpc) is 2.33. The van der Waals surface area contributed by atoms with E-state index < -0.39 is 0 Å². The highest BCUT2D eigenvalue weighted by Gasteiger charge is 2.22. The molecule has 0 radical (unpaired) electrons. The summed E-state index contributed by atoms with van der Waals surface area (Å²) in [5.41, 5.74) is -0.0653. The lowest BCUT2D eigenvalue weighted by Crippen LogP contribution is -2.39. The Morgan fingerprint density at radius 3 is 3.29 bits per heavy atom. The van der Waals surface area contributed by atoms with E-state index in [4.69, 9.17) is 4.74 Å². The first kappa shape index (κ1) is 12.8. The standard InChI is InChI=1S/C11H16IN3O2/c1-17-6-8-3-2-4-15(5-8)10-9(12)11(16)14-7-13-10/h7-8H,2-6H2,1H3,(H,13,14,16). The van der Waals surface area contributed by atoms with Crippen LogP contribution in [0.1, 0.15) is 12.8 Å². The molecule has 1 aliphatic heterocycles. The molecule has 1 aromatic rings. The molecule has 1 N–H and O–H groups in total. The van der Waals surface area contributed by atoms with Crippen LogP contribution in [0.15, 0.2) is 11.1 Å². The molecule has 1 saturated heterocycles. The van der Waals surface area contributed by atoms with Crippen LogP contribution in [-0.2, 0) is 4.74 Å². The number of anilines is 1. The van der Waals surface area contributed by atoms with Gasteiger partial charge in [-0.1, -0.05) is 0 Å². The summed E-state index contributed by atoms with van der Waals surface area (Å²) in [7, 11) is 1.73. The van der Waals surface area contributed by atoms with Crippen molar-refractivity contribution < 1.29 is 4.74 Å². The first-order valence-corrected chi connectivity index (χ1v) is 6.77. The van der Waals surface area contributed by atoms with E-state index in [2.05, 4.69) is 37.5 Å². The minimum atomic E-state index is -0.0653. The predicted molar refractivity (Wildman–Crippen MR) is 74.4 cm³/mol. The zero-order valence-corrected chi connectivity index (χ0v) is 11.9. The molecule has 0 spiro atoms. The molecule has 0 aromatic carbocycles. The lowest BCUT2D eigenvalue weighted by molar-refractivity contribution is 0.143. The molecule has 1 aliphatic rings. The SMILES string of the molecule is COCC1CCCN(c2nc[nH]c(=O)c2I)C1. The number of aromatic amines is 1. The van der Waals surface area contributed by atoms with Gasteiger partial charge < -0.3 is 14.6 Å². The van der Waals surface area contributed by atoms with Crippen LogP contribution < -0.4 is 10.5 Å². The van der Waals surface area contributed by atoms with Crippen LogP contribution in [0.2, 0.25) is 0 Å². The Bertz CT molecular complexity index is 433. The van der Waals surface area contributed by atoms with Gasteiger partial charge in [-0.15, -0.1) is 0 Å². The van der Waals surface area contributed by atoms with Gasteiger partial charge in [-0.3, -0.25) is 4.79 Å². The van der Waals surface area contributed by atoms with Crippen molar-refractivity contribution in [2.75, 3.05) is 31.7 Å². The number of hydrogen-bond donors (Lipinski definition) is 1. The van der Waals surface area contributed by atoms with Gasteiger partial charge in [-0.25, -0.2) is 4.98 Å². The van der Waals surface area contributed by atoms with Crippen LogP contribution in [0, 0.1) is 9.49 Å². The van der Waals surface area contributed by atoms with Crippen LogP contribution in [0.25, 0.3) is 0 Å². The summed E-state index contributed by atoms with van der Waals surface area (Å²) >= 11 is 2.06. The van der Waals surface area contributed by atoms with Crippen LogP contribution in [0.4, 0.5) is 5.82 Å². The fraction of sp³-hybridized carbons (Fsp3) is 0.636. The molecule has 5 nitrogen and oxygen atoms in total. The number of rotatable bonds is 3. The molecule has 2 heterocycles. The van der Waals surface area contributed by atoms with Gasteiger partial charge in [0.1, 0.15) is 9.39 Å². The Hall–Kier alpha value is -0.630. The molecular weight excluding hydrogens is 333 g/mol. The second-order valence-corrected chi connectivity index (χ2v) is 5.36. The van der Waals surface area contributed by atoms with Crippen molar-refractivity contribution in [1.29, 1.82) is 0 Å². The van der Waals surface area contributed by atoms with Crippen molar-refractivity contribution in [2.24, 2.45) is 5.92 Å². The van der Waals surface area contributed by atoms with E-state index in [1.165, 1.54) is 12.7 Å². The Kier molecular flexibility index (Phi) is 4.38. The summed E-state index contributed by atoms with van der Waals surface area (Å²) in [5.74, 6) is 1.33. The minimum absolute atomic E-state index is 0.0653. The summed E-state index contributed by atoms with van der Waals surface area (Å²) in [6.07, 6.45) is 3.78. The van der Waals surface area contributed by atoms with Gasteiger partial charge in [-0.2, -0.15) is 0 Å². The summed E-state index contributed by atoms with van der Waals surface area (Å²) in [4.78, 5) is 20.6. The van der Waals surface area contributed by atoms with Gasteiger partial charge in [0, 0.05) is 20.2 Å². The molecule has 0 amide bonds. The number of piperidine rings is 1. The van der Waals surface area contributed by atoms with Gasteiger partial charge >= 0.3 is 0 Å². The van der Waals surface area contributed by atoms with Crippen molar-refractivity contribution in [2.45, 2.75) is 12.8 Å². The maximum absolute atomic E-state index is 11.5. The third-order valence-corrected chi connectivity index (χ3v) is 3.97. The molecule has 0 aliphatic carbocycles. The van der Waals surface area contributed by atoms with Gasteiger partial charge in [0.05, 0.1) is 12.9 Å². The highest BCUT2D eigenvalue weighted by molar-refractivity contribution is 14.1. The third-order valence-electron chi connectivity index (χ3n) is 3.00. The molecule has 1 aromatic heterocycles. The third kappa shape index (κ3) is 2.98.